The van der Waals surface area contributed by atoms with Crippen molar-refractivity contribution >= 4 is 5.78 Å². The number of hydrogen-bond acceptors (Lipinski definition) is 4. The van der Waals surface area contributed by atoms with E-state index >= 15 is 0 Å². The molecule has 0 bridgehead atoms. The van der Waals surface area contributed by atoms with Gasteiger partial charge in [-0.05, 0) is 155 Å². The van der Waals surface area contributed by atoms with Crippen LogP contribution in [0.25, 0.3) is 0 Å². The van der Waals surface area contributed by atoms with Gasteiger partial charge in [0, 0.05) is 17.3 Å². The van der Waals surface area contributed by atoms with Gasteiger partial charge in [-0.2, -0.15) is 5.26 Å². The summed E-state index contributed by atoms with van der Waals surface area (Å²) in [6, 6.07) is 2.22. The average Bonchev–Trinajstić information content (AvgIpc) is 3.51. The fourth-order valence-electron chi connectivity index (χ4n) is 13.1. The van der Waals surface area contributed by atoms with Crippen molar-refractivity contribution in [1.29, 1.82) is 5.26 Å². The second-order valence-electron chi connectivity index (χ2n) is 16.8. The van der Waals surface area contributed by atoms with E-state index in [0.717, 1.165) is 76.5 Å². The summed E-state index contributed by atoms with van der Waals surface area (Å²) in [5.74, 6) is 6.82. The summed E-state index contributed by atoms with van der Waals surface area (Å²) in [6.45, 7) is 8.98. The number of allylic oxidation sites excluding steroid dienone is 7. The smallest absolute Gasteiger partial charge is 0.156 e. The predicted molar refractivity (Wildman–Crippen MR) is 182 cm³/mol. The second kappa shape index (κ2) is 11.6. The van der Waals surface area contributed by atoms with E-state index in [0.29, 0.717) is 36.0 Å². The minimum Gasteiger partial charge on any atom is -0.388 e. The van der Waals surface area contributed by atoms with Crippen LogP contribution in [0.3, 0.4) is 0 Å². The Morgan fingerprint density at radius 3 is 2.57 bits per heavy atom. The quantitative estimate of drug-likeness (QED) is 0.239. The summed E-state index contributed by atoms with van der Waals surface area (Å²) < 4.78 is 0. The molecule has 8 aliphatic carbocycles. The molecule has 4 heteroatoms. The van der Waals surface area contributed by atoms with Crippen LogP contribution >= 0.6 is 0 Å². The third-order valence-corrected chi connectivity index (χ3v) is 15.4. The Morgan fingerprint density at radius 1 is 1.00 bits per heavy atom. The lowest BCUT2D eigenvalue weighted by Crippen LogP contribution is -2.54. The molecule has 2 N–H and O–H groups in total. The second-order valence-corrected chi connectivity index (χ2v) is 16.8. The SMILES string of the molecule is C#C[C@]1(O)CC[C@H]2[C@@H]3CCC4=CCCC[C@@H]4[C@H]3C(=C)C[C@@]21CC.C[C@]12CCC3=C4CCC(=O)C=C4CC[C@H]3[C@@H]1CC[C@@]2(O)CC#N. The maximum atomic E-state index is 11.7. The Hall–Kier alpha value is -2.40. The molecule has 0 radical (unpaired) electrons. The number of terminal acetylenes is 1. The zero-order valence-electron chi connectivity index (χ0n) is 28.4. The van der Waals surface area contributed by atoms with Gasteiger partial charge in [0.1, 0.15) is 5.60 Å². The van der Waals surface area contributed by atoms with Gasteiger partial charge in [-0.15, -0.1) is 6.42 Å². The fraction of sp³-hybridized carbons (Fsp3) is 0.714. The van der Waals surface area contributed by atoms with Crippen molar-refractivity contribution in [2.24, 2.45) is 46.3 Å². The number of carbonyl (C=O) groups excluding carboxylic acids is 1. The first-order chi connectivity index (χ1) is 22.0. The first-order valence-corrected chi connectivity index (χ1v) is 18.7. The molecule has 46 heavy (non-hydrogen) atoms. The number of fused-ring (bicyclic) bond motifs is 9. The van der Waals surface area contributed by atoms with Gasteiger partial charge in [0.25, 0.3) is 0 Å². The van der Waals surface area contributed by atoms with Crippen molar-refractivity contribution in [3.63, 3.8) is 0 Å². The molecule has 4 nitrogen and oxygen atoms in total. The molecule has 0 aromatic rings. The Morgan fingerprint density at radius 2 is 1.80 bits per heavy atom. The Bertz CT molecular complexity index is 1480. The molecule has 0 aromatic carbocycles. The highest BCUT2D eigenvalue weighted by molar-refractivity contribution is 5.93. The van der Waals surface area contributed by atoms with Crippen LogP contribution in [0.4, 0.5) is 0 Å². The molecule has 5 saturated carbocycles. The van der Waals surface area contributed by atoms with Gasteiger partial charge >= 0.3 is 0 Å². The van der Waals surface area contributed by atoms with Gasteiger partial charge in [-0.25, -0.2) is 0 Å². The first-order valence-electron chi connectivity index (χ1n) is 18.7. The van der Waals surface area contributed by atoms with Crippen molar-refractivity contribution < 1.29 is 15.0 Å². The summed E-state index contributed by atoms with van der Waals surface area (Å²) in [4.78, 5) is 11.7. The number of hydrogen-bond donors (Lipinski definition) is 2. The molecule has 8 aliphatic rings. The number of nitrogens with zero attached hydrogens (tertiary/aromatic N) is 1. The lowest BCUT2D eigenvalue weighted by atomic mass is 9.48. The van der Waals surface area contributed by atoms with Crippen molar-refractivity contribution in [3.8, 4) is 18.4 Å². The number of aliphatic hydroxyl groups is 2. The van der Waals surface area contributed by atoms with Crippen molar-refractivity contribution in [2.45, 2.75) is 141 Å². The third-order valence-electron chi connectivity index (χ3n) is 15.4. The highest BCUT2D eigenvalue weighted by atomic mass is 16.3. The lowest BCUT2D eigenvalue weighted by molar-refractivity contribution is -0.114. The normalized spacial score (nSPS) is 45.6. The van der Waals surface area contributed by atoms with Crippen LogP contribution in [0.5, 0.6) is 0 Å². The maximum absolute atomic E-state index is 11.7. The zero-order chi connectivity index (χ0) is 32.5. The standard InChI is InChI=1S/C22H30O.C20H25NO2/c1-4-21-14-15(3)20-17-9-7-6-8-16(17)10-11-18(20)19(21)12-13-22(21,23)5-2;1-19-8-6-16-15-5-3-14(22)12-13(15)2-4-17(16)18(19)7-9-20(19,23)10-11-21/h2,8,17-20,23H,3-4,6-7,9-14H2,1H3;12,17-18,23H,2-10H2,1H3/t17-,18-,19-,20+,21-,22-;17-,18+,19+,20-/m01/s1. The molecule has 0 heterocycles. The van der Waals surface area contributed by atoms with Crippen LogP contribution in [0.15, 0.2) is 46.6 Å². The van der Waals surface area contributed by atoms with Gasteiger partial charge in [0.2, 0.25) is 0 Å². The molecule has 0 unspecified atom stereocenters. The predicted octanol–water partition coefficient (Wildman–Crippen LogP) is 8.71. The molecule has 0 aliphatic heterocycles. The summed E-state index contributed by atoms with van der Waals surface area (Å²) >= 11 is 0. The molecular formula is C42H55NO3. The molecule has 0 aromatic heterocycles. The molecule has 0 spiro atoms. The minimum atomic E-state index is -0.914. The highest BCUT2D eigenvalue weighted by Gasteiger charge is 2.64. The van der Waals surface area contributed by atoms with Gasteiger partial charge in [0.15, 0.2) is 5.78 Å². The molecule has 5 fully saturated rings. The third kappa shape index (κ3) is 4.56. The molecule has 10 atom stereocenters. The van der Waals surface area contributed by atoms with Gasteiger partial charge in [0.05, 0.1) is 18.1 Å². The average molecular weight is 622 g/mol. The number of rotatable bonds is 2. The molecule has 8 rings (SSSR count). The maximum Gasteiger partial charge on any atom is 0.156 e. The van der Waals surface area contributed by atoms with Crippen LogP contribution in [-0.2, 0) is 4.79 Å². The number of nitriles is 1. The van der Waals surface area contributed by atoms with Gasteiger partial charge in [-0.3, -0.25) is 4.79 Å². The molecule has 246 valence electrons. The van der Waals surface area contributed by atoms with E-state index in [1.165, 1.54) is 48.8 Å². The number of carbonyl (C=O) groups is 1. The fourth-order valence-corrected chi connectivity index (χ4v) is 13.1. The van der Waals surface area contributed by atoms with Crippen LogP contribution in [-0.4, -0.2) is 27.2 Å². The van der Waals surface area contributed by atoms with E-state index in [9.17, 15) is 15.0 Å². The van der Waals surface area contributed by atoms with Crippen LogP contribution in [0.2, 0.25) is 0 Å². The lowest BCUT2D eigenvalue weighted by Gasteiger charge is -2.56. The van der Waals surface area contributed by atoms with E-state index in [1.54, 1.807) is 11.1 Å². The van der Waals surface area contributed by atoms with Crippen LogP contribution in [0, 0.1) is 70.0 Å². The van der Waals surface area contributed by atoms with Crippen LogP contribution in [0.1, 0.15) is 129 Å². The highest BCUT2D eigenvalue weighted by Crippen LogP contribution is 2.67. The van der Waals surface area contributed by atoms with E-state index in [2.05, 4.69) is 38.5 Å². The van der Waals surface area contributed by atoms with E-state index in [-0.39, 0.29) is 23.0 Å². The monoisotopic (exact) mass is 621 g/mol. The minimum absolute atomic E-state index is 0.115. The molecule has 0 amide bonds. The van der Waals surface area contributed by atoms with E-state index in [4.69, 9.17) is 11.7 Å². The van der Waals surface area contributed by atoms with Crippen molar-refractivity contribution in [3.05, 3.63) is 46.6 Å². The molecule has 0 saturated heterocycles. The number of ketones is 1. The Labute approximate surface area is 277 Å². The van der Waals surface area contributed by atoms with Gasteiger partial charge in [-0.1, -0.05) is 49.1 Å². The van der Waals surface area contributed by atoms with Gasteiger partial charge < -0.3 is 10.2 Å². The Kier molecular flexibility index (Phi) is 8.13. The largest absolute Gasteiger partial charge is 0.388 e. The topological polar surface area (TPSA) is 81.3 Å². The summed E-state index contributed by atoms with van der Waals surface area (Å²) in [5, 5.41) is 31.5. The Balaban J connectivity index is 0.000000147. The molecular weight excluding hydrogens is 566 g/mol. The van der Waals surface area contributed by atoms with Crippen molar-refractivity contribution in [1.82, 2.24) is 0 Å². The summed E-state index contributed by atoms with van der Waals surface area (Å²) in [5.41, 5.74) is 5.50. The summed E-state index contributed by atoms with van der Waals surface area (Å²) in [6.07, 6.45) is 28.3. The van der Waals surface area contributed by atoms with E-state index < -0.39 is 11.2 Å². The summed E-state index contributed by atoms with van der Waals surface area (Å²) in [7, 11) is 0. The zero-order valence-corrected chi connectivity index (χ0v) is 28.4. The first kappa shape index (κ1) is 32.2. The van der Waals surface area contributed by atoms with Crippen molar-refractivity contribution in [2.75, 3.05) is 0 Å². The van der Waals surface area contributed by atoms with Crippen LogP contribution < -0.4 is 0 Å². The van der Waals surface area contributed by atoms with E-state index in [1.807, 2.05) is 6.08 Å².